The molecule has 5 heteroatoms. The van der Waals surface area contributed by atoms with Crippen LogP contribution in [0.1, 0.15) is 40.9 Å². The molecule has 2 fully saturated rings. The van der Waals surface area contributed by atoms with E-state index in [1.54, 1.807) is 16.2 Å². The third kappa shape index (κ3) is 3.16. The Morgan fingerprint density at radius 3 is 2.54 bits per heavy atom. The van der Waals surface area contributed by atoms with Crippen molar-refractivity contribution in [2.75, 3.05) is 19.6 Å². The van der Waals surface area contributed by atoms with Gasteiger partial charge in [-0.2, -0.15) is 0 Å². The normalized spacial score (nSPS) is 18.6. The van der Waals surface area contributed by atoms with E-state index in [1.165, 1.54) is 12.8 Å². The summed E-state index contributed by atoms with van der Waals surface area (Å²) in [5, 5.41) is 1.94. The minimum atomic E-state index is -0.0207. The van der Waals surface area contributed by atoms with Crippen LogP contribution >= 0.6 is 11.3 Å². The number of thiophene rings is 1. The molecule has 26 heavy (non-hydrogen) atoms. The maximum atomic E-state index is 13.1. The van der Waals surface area contributed by atoms with E-state index in [-0.39, 0.29) is 18.4 Å². The molecule has 4 nitrogen and oxygen atoms in total. The van der Waals surface area contributed by atoms with E-state index < -0.39 is 0 Å². The second-order valence-electron chi connectivity index (χ2n) is 7.20. The minimum Gasteiger partial charge on any atom is -0.336 e. The number of hydrogen-bond donors (Lipinski definition) is 0. The molecule has 1 aromatic heterocycles. The van der Waals surface area contributed by atoms with E-state index in [1.807, 2.05) is 47.5 Å². The van der Waals surface area contributed by atoms with Gasteiger partial charge in [0.1, 0.15) is 6.54 Å². The van der Waals surface area contributed by atoms with Crippen molar-refractivity contribution in [2.45, 2.75) is 38.6 Å². The first-order valence-electron chi connectivity index (χ1n) is 9.37. The topological polar surface area (TPSA) is 40.6 Å². The fraction of sp³-hybridized carbons (Fsp3) is 0.429. The van der Waals surface area contributed by atoms with Crippen LogP contribution in [0.15, 0.2) is 35.7 Å². The lowest BCUT2D eigenvalue weighted by Crippen LogP contribution is -2.54. The Morgan fingerprint density at radius 2 is 1.85 bits per heavy atom. The quantitative estimate of drug-likeness (QED) is 0.823. The second kappa shape index (κ2) is 7.23. The lowest BCUT2D eigenvalue weighted by Gasteiger charge is -2.37. The summed E-state index contributed by atoms with van der Waals surface area (Å²) in [5.74, 6) is 0.0809. The molecule has 0 bridgehead atoms. The highest BCUT2D eigenvalue weighted by molar-refractivity contribution is 7.10. The van der Waals surface area contributed by atoms with Gasteiger partial charge >= 0.3 is 0 Å². The Bertz CT molecular complexity index is 809. The largest absolute Gasteiger partial charge is 0.336 e. The van der Waals surface area contributed by atoms with Crippen LogP contribution in [0.4, 0.5) is 0 Å². The average Bonchev–Trinajstić information content (AvgIpc) is 3.31. The van der Waals surface area contributed by atoms with Gasteiger partial charge in [0.25, 0.3) is 5.91 Å². The Morgan fingerprint density at radius 1 is 1.12 bits per heavy atom. The van der Waals surface area contributed by atoms with Gasteiger partial charge in [-0.05, 0) is 25.3 Å². The highest BCUT2D eigenvalue weighted by atomic mass is 32.1. The molecule has 2 aromatic rings. The molecule has 2 amide bonds. The Hall–Kier alpha value is -2.14. The third-order valence-electron chi connectivity index (χ3n) is 5.58. The van der Waals surface area contributed by atoms with Crippen molar-refractivity contribution in [2.24, 2.45) is 0 Å². The lowest BCUT2D eigenvalue weighted by atomic mass is 10.0. The first-order chi connectivity index (χ1) is 12.6. The lowest BCUT2D eigenvalue weighted by molar-refractivity contribution is -0.137. The molecule has 136 valence electrons. The summed E-state index contributed by atoms with van der Waals surface area (Å²) < 4.78 is 0. The molecule has 1 aromatic carbocycles. The van der Waals surface area contributed by atoms with Gasteiger partial charge in [0.2, 0.25) is 5.91 Å². The smallest absolute Gasteiger partial charge is 0.255 e. The monoisotopic (exact) mass is 368 g/mol. The van der Waals surface area contributed by atoms with Gasteiger partial charge < -0.3 is 9.80 Å². The summed E-state index contributed by atoms with van der Waals surface area (Å²) in [4.78, 5) is 30.6. The Balaban J connectivity index is 1.53. The van der Waals surface area contributed by atoms with Gasteiger partial charge in [-0.3, -0.25) is 9.59 Å². The molecule has 1 aliphatic heterocycles. The van der Waals surface area contributed by atoms with E-state index in [0.29, 0.717) is 19.1 Å². The number of aryl methyl sites for hydroxylation is 1. The molecule has 0 unspecified atom stereocenters. The summed E-state index contributed by atoms with van der Waals surface area (Å²) in [6.45, 7) is 3.55. The van der Waals surface area contributed by atoms with E-state index in [4.69, 9.17) is 0 Å². The van der Waals surface area contributed by atoms with Crippen LogP contribution in [0, 0.1) is 6.92 Å². The summed E-state index contributed by atoms with van der Waals surface area (Å²) in [5.41, 5.74) is 2.79. The van der Waals surface area contributed by atoms with Crippen molar-refractivity contribution >= 4 is 23.2 Å². The van der Waals surface area contributed by atoms with Crippen molar-refractivity contribution in [3.63, 3.8) is 0 Å². The molecule has 1 aliphatic carbocycles. The molecular weight excluding hydrogens is 344 g/mol. The summed E-state index contributed by atoms with van der Waals surface area (Å²) in [6, 6.07) is 10.4. The maximum absolute atomic E-state index is 13.1. The number of piperazine rings is 1. The first-order valence-corrected chi connectivity index (χ1v) is 10.3. The fourth-order valence-electron chi connectivity index (χ4n) is 4.21. The molecule has 2 aliphatic rings. The molecule has 2 heterocycles. The van der Waals surface area contributed by atoms with Crippen LogP contribution in [-0.2, 0) is 4.79 Å². The predicted molar refractivity (Wildman–Crippen MR) is 104 cm³/mol. The van der Waals surface area contributed by atoms with Crippen LogP contribution < -0.4 is 0 Å². The second-order valence-corrected chi connectivity index (χ2v) is 8.28. The van der Waals surface area contributed by atoms with Crippen molar-refractivity contribution in [1.29, 1.82) is 0 Å². The number of carbonyl (C=O) groups excluding carboxylic acids is 2. The van der Waals surface area contributed by atoms with Crippen LogP contribution in [0.25, 0.3) is 11.1 Å². The maximum Gasteiger partial charge on any atom is 0.255 e. The zero-order valence-corrected chi connectivity index (χ0v) is 15.9. The van der Waals surface area contributed by atoms with Gasteiger partial charge in [0.05, 0.1) is 5.56 Å². The highest BCUT2D eigenvalue weighted by Crippen LogP contribution is 2.33. The van der Waals surface area contributed by atoms with Crippen LogP contribution in [-0.4, -0.2) is 47.3 Å². The van der Waals surface area contributed by atoms with E-state index >= 15 is 0 Å². The highest BCUT2D eigenvalue weighted by Gasteiger charge is 2.34. The third-order valence-corrected chi connectivity index (χ3v) is 6.49. The van der Waals surface area contributed by atoms with Gasteiger partial charge in [0, 0.05) is 35.0 Å². The van der Waals surface area contributed by atoms with Gasteiger partial charge in [-0.25, -0.2) is 0 Å². The van der Waals surface area contributed by atoms with Crippen molar-refractivity contribution in [1.82, 2.24) is 9.80 Å². The predicted octanol–water partition coefficient (Wildman–Crippen LogP) is 3.95. The van der Waals surface area contributed by atoms with Crippen molar-refractivity contribution in [3.05, 3.63) is 46.2 Å². The molecule has 1 saturated heterocycles. The number of benzene rings is 1. The molecule has 0 N–H and O–H groups in total. The van der Waals surface area contributed by atoms with Gasteiger partial charge in [-0.1, -0.05) is 43.2 Å². The molecule has 1 saturated carbocycles. The molecule has 4 rings (SSSR count). The molecule has 0 atom stereocenters. The number of amides is 2. The zero-order chi connectivity index (χ0) is 18.1. The van der Waals surface area contributed by atoms with Crippen LogP contribution in [0.3, 0.4) is 0 Å². The minimum absolute atomic E-state index is 0.0207. The number of nitrogens with zero attached hydrogens (tertiary/aromatic N) is 2. The van der Waals surface area contributed by atoms with Crippen molar-refractivity contribution < 1.29 is 9.59 Å². The average molecular weight is 369 g/mol. The van der Waals surface area contributed by atoms with E-state index in [9.17, 15) is 9.59 Å². The SMILES string of the molecule is Cc1scc(C(=O)N2CCN(C3CCCC3)C(=O)C2)c1-c1ccccc1. The van der Waals surface area contributed by atoms with Gasteiger partial charge in [0.15, 0.2) is 0 Å². The van der Waals surface area contributed by atoms with Crippen molar-refractivity contribution in [3.8, 4) is 11.1 Å². The molecule has 0 radical (unpaired) electrons. The Kier molecular flexibility index (Phi) is 4.81. The number of carbonyl (C=O) groups is 2. The summed E-state index contributed by atoms with van der Waals surface area (Å²) >= 11 is 1.60. The number of rotatable bonds is 3. The van der Waals surface area contributed by atoms with Crippen LogP contribution in [0.5, 0.6) is 0 Å². The van der Waals surface area contributed by atoms with Gasteiger partial charge in [-0.15, -0.1) is 11.3 Å². The molecule has 0 spiro atoms. The van der Waals surface area contributed by atoms with Crippen LogP contribution in [0.2, 0.25) is 0 Å². The fourth-order valence-corrected chi connectivity index (χ4v) is 5.07. The zero-order valence-electron chi connectivity index (χ0n) is 15.1. The Labute approximate surface area is 158 Å². The molecular formula is C21H24N2O2S. The van der Waals surface area contributed by atoms with E-state index in [2.05, 4.69) is 0 Å². The number of hydrogen-bond acceptors (Lipinski definition) is 3. The standard InChI is InChI=1S/C21H24N2O2S/c1-15-20(16-7-3-2-4-8-16)18(14-26-15)21(25)22-11-12-23(19(24)13-22)17-9-5-6-10-17/h2-4,7-8,14,17H,5-6,9-13H2,1H3. The first kappa shape index (κ1) is 17.3. The summed E-state index contributed by atoms with van der Waals surface area (Å²) in [7, 11) is 0. The van der Waals surface area contributed by atoms with E-state index in [0.717, 1.165) is 34.4 Å². The summed E-state index contributed by atoms with van der Waals surface area (Å²) in [6.07, 6.45) is 4.65.